The van der Waals surface area contributed by atoms with Crippen LogP contribution in [0.4, 0.5) is 5.82 Å². The molecule has 3 N–H and O–H groups in total. The Labute approximate surface area is 222 Å². The number of halogens is 1. The van der Waals surface area contributed by atoms with Crippen molar-refractivity contribution in [1.82, 2.24) is 19.9 Å². The van der Waals surface area contributed by atoms with Crippen molar-refractivity contribution in [3.63, 3.8) is 0 Å². The summed E-state index contributed by atoms with van der Waals surface area (Å²) in [5, 5.41) is 0.757. The lowest BCUT2D eigenvalue weighted by Crippen LogP contribution is -2.39. The summed E-state index contributed by atoms with van der Waals surface area (Å²) in [6.07, 6.45) is 5.36. The average Bonchev–Trinajstić information content (AvgIpc) is 3.53. The van der Waals surface area contributed by atoms with Gasteiger partial charge in [0.15, 0.2) is 17.0 Å². The van der Waals surface area contributed by atoms with Crippen LogP contribution in [0.15, 0.2) is 63.3 Å². The van der Waals surface area contributed by atoms with Gasteiger partial charge >= 0.3 is 0 Å². The number of ether oxygens (including phenoxy) is 2. The van der Waals surface area contributed by atoms with E-state index >= 15 is 0 Å². The van der Waals surface area contributed by atoms with Crippen molar-refractivity contribution in [3.05, 3.63) is 58.8 Å². The van der Waals surface area contributed by atoms with Gasteiger partial charge in [0.2, 0.25) is 24.1 Å². The molecule has 6 rings (SSSR count). The smallest absolute Gasteiger partial charge is 0.294 e. The highest BCUT2D eigenvalue weighted by Crippen LogP contribution is 2.42. The summed E-state index contributed by atoms with van der Waals surface area (Å²) in [7, 11) is 0. The number of aromatic amines is 1. The first-order chi connectivity index (χ1) is 17.6. The molecule has 1 fully saturated rings. The van der Waals surface area contributed by atoms with E-state index in [2.05, 4.69) is 65.7 Å². The Morgan fingerprint density at radius 1 is 1.14 bits per heavy atom. The third-order valence-electron chi connectivity index (χ3n) is 6.90. The number of imidazole rings is 1. The molecule has 0 atom stereocenters. The van der Waals surface area contributed by atoms with E-state index in [0.717, 1.165) is 69.8 Å². The van der Waals surface area contributed by atoms with Gasteiger partial charge in [-0.15, -0.1) is 0 Å². The Balaban J connectivity index is 1.11. The number of H-pyrrole nitrogens is 1. The zero-order chi connectivity index (χ0) is 24.5. The highest BCUT2D eigenvalue weighted by molar-refractivity contribution is 9.10. The summed E-state index contributed by atoms with van der Waals surface area (Å²) in [5.74, 6) is 2.64. The summed E-state index contributed by atoms with van der Waals surface area (Å²) >= 11 is 5.15. The highest BCUT2D eigenvalue weighted by Gasteiger charge is 2.24. The maximum Gasteiger partial charge on any atom is 0.294 e. The Kier molecular flexibility index (Phi) is 6.73. The minimum atomic E-state index is 0.245. The number of fused-ring (bicyclic) bond motifs is 2. The molecular formula is C26H28BrN6O2S+. The summed E-state index contributed by atoms with van der Waals surface area (Å²) < 4.78 is 14.0. The first-order valence-electron chi connectivity index (χ1n) is 12.2. The van der Waals surface area contributed by atoms with Crippen LogP contribution >= 0.6 is 27.7 Å². The Bertz CT molecular complexity index is 1370. The molecule has 0 radical (unpaired) electrons. The Hall–Kier alpha value is -2.82. The van der Waals surface area contributed by atoms with Crippen LogP contribution in [0.1, 0.15) is 24.8 Å². The fraction of sp³-hybridized carbons (Fsp3) is 0.346. The molecular weight excluding hydrogens is 540 g/mol. The molecule has 36 heavy (non-hydrogen) atoms. The molecule has 2 aliphatic heterocycles. The summed E-state index contributed by atoms with van der Waals surface area (Å²) in [6.45, 7) is 4.45. The second-order valence-electron chi connectivity index (χ2n) is 9.30. The van der Waals surface area contributed by atoms with Crippen molar-refractivity contribution in [1.29, 1.82) is 0 Å². The summed E-state index contributed by atoms with van der Waals surface area (Å²) in [4.78, 5) is 16.2. The van der Waals surface area contributed by atoms with E-state index in [1.165, 1.54) is 30.2 Å². The normalized spacial score (nSPS) is 16.1. The number of hydrogen-bond donors (Lipinski definition) is 2. The number of nitrogens with one attached hydrogen (secondary N) is 1. The second kappa shape index (κ2) is 10.3. The molecule has 2 aromatic heterocycles. The number of likely N-dealkylation sites (tertiary alicyclic amines) is 1. The van der Waals surface area contributed by atoms with E-state index in [9.17, 15) is 0 Å². The van der Waals surface area contributed by atoms with Crippen molar-refractivity contribution >= 4 is 44.7 Å². The lowest BCUT2D eigenvalue weighted by Gasteiger charge is -2.31. The molecule has 4 heterocycles. The number of aromatic nitrogens is 4. The predicted octanol–water partition coefficient (Wildman–Crippen LogP) is 4.77. The van der Waals surface area contributed by atoms with Crippen LogP contribution in [-0.2, 0) is 13.1 Å². The van der Waals surface area contributed by atoms with Gasteiger partial charge in [0.25, 0.3) is 5.65 Å². The number of nitrogens with zero attached hydrogens (tertiary/aromatic N) is 4. The molecule has 10 heteroatoms. The summed E-state index contributed by atoms with van der Waals surface area (Å²) in [5.41, 5.74) is 9.20. The topological polar surface area (TPSA) is 93.2 Å². The van der Waals surface area contributed by atoms with E-state index < -0.39 is 0 Å². The van der Waals surface area contributed by atoms with Gasteiger partial charge in [-0.3, -0.25) is 4.90 Å². The zero-order valence-corrected chi connectivity index (χ0v) is 22.2. The van der Waals surface area contributed by atoms with Crippen LogP contribution in [0.5, 0.6) is 11.5 Å². The van der Waals surface area contributed by atoms with Crippen molar-refractivity contribution in [3.8, 4) is 11.5 Å². The lowest BCUT2D eigenvalue weighted by molar-refractivity contribution is -0.677. The fourth-order valence-electron chi connectivity index (χ4n) is 4.87. The number of hydrogen-bond acceptors (Lipinski definition) is 7. The average molecular weight is 569 g/mol. The minimum absolute atomic E-state index is 0.245. The molecule has 0 bridgehead atoms. The SMILES string of the molecule is Nc1nc[n+](CCC2CCN(Cc3ccccc3)CC2)c2nc(Sc3cc4c(cc3Br)OCO4)[nH]c12. The standard InChI is InChI=1S/C26H27BrN6O2S/c27-19-12-20-21(35-16-34-20)13-22(19)36-26-30-23-24(28)29-15-33(25(23)31-26)11-8-17-6-9-32(10-7-17)14-18-4-2-1-3-5-18/h1-5,12-13,15,17H,6-11,14,16H2,(H2,28,30,31)/p+1. The van der Waals surface area contributed by atoms with E-state index in [-0.39, 0.29) is 6.79 Å². The minimum Gasteiger partial charge on any atom is -0.454 e. The van der Waals surface area contributed by atoms with Crippen LogP contribution in [0.2, 0.25) is 0 Å². The number of aryl methyl sites for hydroxylation is 1. The van der Waals surface area contributed by atoms with E-state index in [1.54, 1.807) is 0 Å². The van der Waals surface area contributed by atoms with E-state index in [0.29, 0.717) is 11.7 Å². The molecule has 2 aromatic carbocycles. The molecule has 0 saturated carbocycles. The first-order valence-corrected chi connectivity index (χ1v) is 13.8. The summed E-state index contributed by atoms with van der Waals surface area (Å²) in [6, 6.07) is 14.6. The molecule has 2 aliphatic rings. The Morgan fingerprint density at radius 3 is 2.72 bits per heavy atom. The molecule has 4 aromatic rings. The van der Waals surface area contributed by atoms with Crippen molar-refractivity contribution in [2.75, 3.05) is 25.6 Å². The van der Waals surface area contributed by atoms with Crippen LogP contribution in [0.25, 0.3) is 11.2 Å². The van der Waals surface area contributed by atoms with Gasteiger partial charge in [0.05, 0.1) is 6.54 Å². The maximum absolute atomic E-state index is 6.20. The van der Waals surface area contributed by atoms with Gasteiger partial charge in [-0.05, 0) is 83.7 Å². The third-order valence-corrected chi connectivity index (χ3v) is 8.76. The van der Waals surface area contributed by atoms with Gasteiger partial charge in [0, 0.05) is 15.9 Å². The zero-order valence-electron chi connectivity index (χ0n) is 19.8. The number of piperidine rings is 1. The molecule has 0 aliphatic carbocycles. The fourth-order valence-corrected chi connectivity index (χ4v) is 6.25. The number of nitrogen functional groups attached to an aromatic ring is 1. The second-order valence-corrected chi connectivity index (χ2v) is 11.2. The van der Waals surface area contributed by atoms with E-state index in [1.807, 2.05) is 18.5 Å². The molecule has 0 unspecified atom stereocenters. The van der Waals surface area contributed by atoms with Crippen molar-refractivity contribution < 1.29 is 14.0 Å². The third kappa shape index (κ3) is 5.02. The quantitative estimate of drug-likeness (QED) is 0.310. The largest absolute Gasteiger partial charge is 0.454 e. The van der Waals surface area contributed by atoms with Gasteiger partial charge in [-0.1, -0.05) is 40.3 Å². The van der Waals surface area contributed by atoms with Crippen LogP contribution in [0, 0.1) is 5.92 Å². The van der Waals surface area contributed by atoms with Gasteiger partial charge < -0.3 is 20.2 Å². The van der Waals surface area contributed by atoms with Gasteiger partial charge in [-0.25, -0.2) is 4.57 Å². The molecule has 1 saturated heterocycles. The van der Waals surface area contributed by atoms with Crippen molar-refractivity contribution in [2.45, 2.75) is 42.4 Å². The molecule has 186 valence electrons. The predicted molar refractivity (Wildman–Crippen MR) is 142 cm³/mol. The monoisotopic (exact) mass is 567 g/mol. The van der Waals surface area contributed by atoms with Gasteiger partial charge in [0.1, 0.15) is 0 Å². The number of nitrogens with two attached hydrogens (primary N) is 1. The molecule has 0 amide bonds. The maximum atomic E-state index is 6.20. The molecule has 8 nitrogen and oxygen atoms in total. The van der Waals surface area contributed by atoms with E-state index in [4.69, 9.17) is 20.2 Å². The Morgan fingerprint density at radius 2 is 1.92 bits per heavy atom. The number of benzene rings is 2. The number of rotatable bonds is 7. The highest BCUT2D eigenvalue weighted by atomic mass is 79.9. The van der Waals surface area contributed by atoms with Crippen LogP contribution < -0.4 is 19.8 Å². The number of anilines is 1. The first kappa shape index (κ1) is 23.6. The van der Waals surface area contributed by atoms with Crippen LogP contribution in [0.3, 0.4) is 0 Å². The van der Waals surface area contributed by atoms with Crippen molar-refractivity contribution in [2.24, 2.45) is 5.92 Å². The molecule has 0 spiro atoms. The van der Waals surface area contributed by atoms with Crippen LogP contribution in [-0.4, -0.2) is 39.7 Å². The van der Waals surface area contributed by atoms with Gasteiger partial charge in [-0.2, -0.15) is 0 Å². The lowest BCUT2D eigenvalue weighted by atomic mass is 9.93.